The minimum atomic E-state index is -0.0171. The van der Waals surface area contributed by atoms with E-state index in [0.717, 1.165) is 28.8 Å². The Morgan fingerprint density at radius 2 is 1.90 bits per heavy atom. The average Bonchev–Trinajstić information content (AvgIpc) is 2.68. The molecule has 4 nitrogen and oxygen atoms in total. The van der Waals surface area contributed by atoms with Gasteiger partial charge in [0.15, 0.2) is 6.29 Å². The van der Waals surface area contributed by atoms with Crippen molar-refractivity contribution in [1.82, 2.24) is 4.57 Å². The van der Waals surface area contributed by atoms with Crippen LogP contribution in [0.25, 0.3) is 0 Å². The molecule has 0 aliphatic heterocycles. The van der Waals surface area contributed by atoms with Crippen molar-refractivity contribution < 1.29 is 9.59 Å². The maximum Gasteiger partial charge on any atom is 0.224 e. The molecule has 2 rings (SSSR count). The summed E-state index contributed by atoms with van der Waals surface area (Å²) in [6.45, 7) is 3.91. The smallest absolute Gasteiger partial charge is 0.224 e. The molecule has 0 saturated carbocycles. The van der Waals surface area contributed by atoms with Crippen LogP contribution in [-0.4, -0.2) is 16.8 Å². The molecule has 0 saturated heterocycles. The number of rotatable bonds is 5. The number of hydrogen-bond acceptors (Lipinski definition) is 2. The second kappa shape index (κ2) is 6.39. The minimum Gasteiger partial charge on any atom is -0.345 e. The molecule has 1 N–H and O–H groups in total. The lowest BCUT2D eigenvalue weighted by molar-refractivity contribution is -0.116. The largest absolute Gasteiger partial charge is 0.345 e. The second-order valence-corrected chi connectivity index (χ2v) is 5.17. The first-order chi connectivity index (χ1) is 10.0. The molecule has 4 heteroatoms. The van der Waals surface area contributed by atoms with Gasteiger partial charge in [-0.3, -0.25) is 9.59 Å². The molecule has 0 radical (unpaired) electrons. The van der Waals surface area contributed by atoms with Gasteiger partial charge in [-0.05, 0) is 43.5 Å². The highest BCUT2D eigenvalue weighted by Crippen LogP contribution is 2.21. The summed E-state index contributed by atoms with van der Waals surface area (Å²) in [7, 11) is 1.87. The molecule has 0 atom stereocenters. The third-order valence-corrected chi connectivity index (χ3v) is 3.91. The van der Waals surface area contributed by atoms with E-state index < -0.39 is 0 Å². The highest BCUT2D eigenvalue weighted by Gasteiger charge is 2.15. The highest BCUT2D eigenvalue weighted by molar-refractivity contribution is 5.90. The highest BCUT2D eigenvalue weighted by atomic mass is 16.1. The van der Waals surface area contributed by atoms with Gasteiger partial charge in [-0.2, -0.15) is 0 Å². The summed E-state index contributed by atoms with van der Waals surface area (Å²) in [5.41, 5.74) is 4.59. The zero-order valence-electron chi connectivity index (χ0n) is 12.6. The first-order valence-corrected chi connectivity index (χ1v) is 6.99. The van der Waals surface area contributed by atoms with Crippen LogP contribution in [0.4, 0.5) is 5.69 Å². The summed E-state index contributed by atoms with van der Waals surface area (Å²) in [5, 5.41) is 2.87. The van der Waals surface area contributed by atoms with E-state index in [0.29, 0.717) is 18.5 Å². The van der Waals surface area contributed by atoms with Crippen LogP contribution in [0.1, 0.15) is 33.7 Å². The maximum atomic E-state index is 12.0. The lowest BCUT2D eigenvalue weighted by atomic mass is 10.0. The van der Waals surface area contributed by atoms with Crippen LogP contribution in [0.5, 0.6) is 0 Å². The number of hydrogen-bond donors (Lipinski definition) is 1. The van der Waals surface area contributed by atoms with E-state index in [1.807, 2.05) is 55.8 Å². The lowest BCUT2D eigenvalue weighted by Crippen LogP contribution is -2.12. The number of amides is 1. The van der Waals surface area contributed by atoms with Crippen molar-refractivity contribution in [3.05, 3.63) is 52.8 Å². The number of anilines is 1. The van der Waals surface area contributed by atoms with Gasteiger partial charge in [-0.25, -0.2) is 0 Å². The van der Waals surface area contributed by atoms with Gasteiger partial charge in [-0.15, -0.1) is 0 Å². The zero-order valence-corrected chi connectivity index (χ0v) is 12.6. The fraction of sp³-hybridized carbons (Fsp3) is 0.294. The summed E-state index contributed by atoms with van der Waals surface area (Å²) < 4.78 is 1.88. The van der Waals surface area contributed by atoms with Crippen LogP contribution in [-0.2, 0) is 18.3 Å². The average molecular weight is 284 g/mol. The summed E-state index contributed by atoms with van der Waals surface area (Å²) in [6, 6.07) is 9.41. The molecule has 0 spiro atoms. The maximum absolute atomic E-state index is 12.0. The van der Waals surface area contributed by atoms with Crippen molar-refractivity contribution in [3.8, 4) is 0 Å². The number of carbonyl (C=O) groups excluding carboxylic acids is 2. The van der Waals surface area contributed by atoms with Gasteiger partial charge in [-0.1, -0.05) is 18.2 Å². The Bertz CT molecular complexity index is 657. The van der Waals surface area contributed by atoms with Gasteiger partial charge < -0.3 is 9.88 Å². The van der Waals surface area contributed by atoms with Crippen molar-refractivity contribution in [2.24, 2.45) is 7.05 Å². The summed E-state index contributed by atoms with van der Waals surface area (Å²) >= 11 is 0. The third kappa shape index (κ3) is 3.21. The van der Waals surface area contributed by atoms with Crippen LogP contribution in [0, 0.1) is 13.8 Å². The molecular formula is C17H20N2O2. The predicted molar refractivity (Wildman–Crippen MR) is 83.7 cm³/mol. The predicted octanol–water partition coefficient (Wildman–Crippen LogP) is 3.03. The SMILES string of the molecule is Cc1c(CCC(=O)Nc2ccccc2)c(C)n(C)c1C=O. The van der Waals surface area contributed by atoms with Crippen LogP contribution in [0.2, 0.25) is 0 Å². The van der Waals surface area contributed by atoms with E-state index in [1.54, 1.807) is 0 Å². The van der Waals surface area contributed by atoms with E-state index in [2.05, 4.69) is 5.32 Å². The van der Waals surface area contributed by atoms with Crippen molar-refractivity contribution in [3.63, 3.8) is 0 Å². The Morgan fingerprint density at radius 1 is 1.24 bits per heavy atom. The summed E-state index contributed by atoms with van der Waals surface area (Å²) in [5.74, 6) is -0.0171. The zero-order chi connectivity index (χ0) is 15.4. The molecule has 0 fully saturated rings. The molecule has 110 valence electrons. The fourth-order valence-corrected chi connectivity index (χ4v) is 2.58. The quantitative estimate of drug-likeness (QED) is 0.858. The molecule has 1 amide bonds. The topological polar surface area (TPSA) is 51.1 Å². The molecule has 21 heavy (non-hydrogen) atoms. The van der Waals surface area contributed by atoms with Gasteiger partial charge in [0, 0.05) is 24.8 Å². The molecule has 0 bridgehead atoms. The van der Waals surface area contributed by atoms with Crippen LogP contribution in [0.15, 0.2) is 30.3 Å². The Hall–Kier alpha value is -2.36. The minimum absolute atomic E-state index is 0.0171. The molecule has 0 aliphatic carbocycles. The second-order valence-electron chi connectivity index (χ2n) is 5.17. The Morgan fingerprint density at radius 3 is 2.48 bits per heavy atom. The van der Waals surface area contributed by atoms with E-state index >= 15 is 0 Å². The number of carbonyl (C=O) groups is 2. The van der Waals surface area contributed by atoms with E-state index in [9.17, 15) is 9.59 Å². The first kappa shape index (κ1) is 15.0. The van der Waals surface area contributed by atoms with Gasteiger partial charge in [0.05, 0.1) is 5.69 Å². The number of aldehydes is 1. The summed E-state index contributed by atoms with van der Waals surface area (Å²) in [6.07, 6.45) is 1.91. The molecule has 0 unspecified atom stereocenters. The number of nitrogens with zero attached hydrogens (tertiary/aromatic N) is 1. The number of benzene rings is 1. The van der Waals surface area contributed by atoms with Gasteiger partial charge >= 0.3 is 0 Å². The molecule has 2 aromatic rings. The fourth-order valence-electron chi connectivity index (χ4n) is 2.58. The van der Waals surface area contributed by atoms with E-state index in [1.165, 1.54) is 0 Å². The van der Waals surface area contributed by atoms with Crippen molar-refractivity contribution in [2.75, 3.05) is 5.32 Å². The van der Waals surface area contributed by atoms with Crippen LogP contribution < -0.4 is 5.32 Å². The summed E-state index contributed by atoms with van der Waals surface area (Å²) in [4.78, 5) is 23.1. The van der Waals surface area contributed by atoms with Crippen molar-refractivity contribution >= 4 is 17.9 Å². The Labute approximate surface area is 124 Å². The lowest BCUT2D eigenvalue weighted by Gasteiger charge is -2.06. The first-order valence-electron chi connectivity index (χ1n) is 6.99. The van der Waals surface area contributed by atoms with E-state index in [-0.39, 0.29) is 5.91 Å². The van der Waals surface area contributed by atoms with Crippen molar-refractivity contribution in [2.45, 2.75) is 26.7 Å². The Kier molecular flexibility index (Phi) is 4.58. The van der Waals surface area contributed by atoms with Gasteiger partial charge in [0.2, 0.25) is 5.91 Å². The standard InChI is InChI=1S/C17H20N2O2/c1-12-15(13(2)19(3)16(12)11-20)9-10-17(21)18-14-7-5-4-6-8-14/h4-8,11H,9-10H2,1-3H3,(H,18,21). The van der Waals surface area contributed by atoms with Gasteiger partial charge in [0.1, 0.15) is 0 Å². The monoisotopic (exact) mass is 284 g/mol. The van der Waals surface area contributed by atoms with Crippen molar-refractivity contribution in [1.29, 1.82) is 0 Å². The molecule has 1 aromatic carbocycles. The number of aromatic nitrogens is 1. The molecular weight excluding hydrogens is 264 g/mol. The number of nitrogens with one attached hydrogen (secondary N) is 1. The molecule has 1 aromatic heterocycles. The Balaban J connectivity index is 2.03. The van der Waals surface area contributed by atoms with Crippen LogP contribution >= 0.6 is 0 Å². The molecule has 0 aliphatic rings. The molecule has 1 heterocycles. The van der Waals surface area contributed by atoms with E-state index in [4.69, 9.17) is 0 Å². The number of para-hydroxylation sites is 1. The van der Waals surface area contributed by atoms with Gasteiger partial charge in [0.25, 0.3) is 0 Å². The third-order valence-electron chi connectivity index (χ3n) is 3.91. The normalized spacial score (nSPS) is 10.4. The van der Waals surface area contributed by atoms with Crippen LogP contribution in [0.3, 0.4) is 0 Å².